The molecule has 0 unspecified atom stereocenters. The van der Waals surface area contributed by atoms with E-state index >= 15 is 0 Å². The number of amides is 1. The van der Waals surface area contributed by atoms with Crippen LogP contribution in [-0.2, 0) is 13.0 Å². The van der Waals surface area contributed by atoms with Crippen molar-refractivity contribution in [2.24, 2.45) is 5.92 Å². The van der Waals surface area contributed by atoms with Crippen LogP contribution in [0.25, 0.3) is 0 Å². The van der Waals surface area contributed by atoms with Gasteiger partial charge in [0.05, 0.1) is 0 Å². The maximum Gasteiger partial charge on any atom is 0.251 e. The van der Waals surface area contributed by atoms with Crippen LogP contribution in [0.3, 0.4) is 0 Å². The maximum absolute atomic E-state index is 12.3. The molecule has 3 rings (SSSR count). The number of rotatable bonds is 4. The van der Waals surface area contributed by atoms with Gasteiger partial charge in [-0.05, 0) is 42.5 Å². The zero-order valence-corrected chi connectivity index (χ0v) is 11.4. The van der Waals surface area contributed by atoms with Crippen LogP contribution in [0, 0.1) is 5.92 Å². The number of fused-ring (bicyclic) bond motifs is 1. The van der Waals surface area contributed by atoms with E-state index in [0.29, 0.717) is 0 Å². The van der Waals surface area contributed by atoms with Gasteiger partial charge in [0, 0.05) is 18.7 Å². The lowest BCUT2D eigenvalue weighted by Crippen LogP contribution is -2.31. The minimum atomic E-state index is 0.109. The van der Waals surface area contributed by atoms with Gasteiger partial charge in [-0.25, -0.2) is 0 Å². The predicted octanol–water partition coefficient (Wildman–Crippen LogP) is 2.25. The highest BCUT2D eigenvalue weighted by molar-refractivity contribution is 5.96. The Labute approximate surface area is 114 Å². The molecule has 19 heavy (non-hydrogen) atoms. The number of carbonyl (C=O) groups excluding carboxylic acids is 1. The first-order valence-corrected chi connectivity index (χ1v) is 7.44. The van der Waals surface area contributed by atoms with Crippen LogP contribution in [0.4, 0.5) is 0 Å². The lowest BCUT2D eigenvalue weighted by Gasteiger charge is -2.25. The average Bonchev–Trinajstić information content (AvgIpc) is 2.40. The van der Waals surface area contributed by atoms with E-state index in [1.165, 1.54) is 30.4 Å². The first kappa shape index (κ1) is 12.7. The van der Waals surface area contributed by atoms with Crippen LogP contribution in [0.1, 0.15) is 47.2 Å². The summed E-state index contributed by atoms with van der Waals surface area (Å²) in [6.07, 6.45) is 6.17. The number of hydrogen-bond acceptors (Lipinski definition) is 2. The standard InChI is InChI=1S/C16H22N2O/c19-16(18-10-7-12-3-1-4-12)15-6-2-5-13-11-17-9-8-14(13)15/h2,5-6,12,17H,1,3-4,7-11H2,(H,18,19). The summed E-state index contributed by atoms with van der Waals surface area (Å²) in [5.74, 6) is 0.965. The van der Waals surface area contributed by atoms with Crippen molar-refractivity contribution in [1.29, 1.82) is 0 Å². The van der Waals surface area contributed by atoms with Gasteiger partial charge in [0.15, 0.2) is 0 Å². The molecule has 0 bridgehead atoms. The molecule has 0 saturated heterocycles. The second-order valence-electron chi connectivity index (χ2n) is 5.71. The molecule has 2 N–H and O–H groups in total. The fourth-order valence-corrected chi connectivity index (χ4v) is 3.01. The summed E-state index contributed by atoms with van der Waals surface area (Å²) in [7, 11) is 0. The van der Waals surface area contributed by atoms with Gasteiger partial charge >= 0.3 is 0 Å². The highest BCUT2D eigenvalue weighted by Gasteiger charge is 2.19. The Kier molecular flexibility index (Phi) is 3.83. The van der Waals surface area contributed by atoms with Gasteiger partial charge < -0.3 is 10.6 Å². The smallest absolute Gasteiger partial charge is 0.251 e. The van der Waals surface area contributed by atoms with E-state index in [2.05, 4.69) is 16.7 Å². The van der Waals surface area contributed by atoms with Crippen molar-refractivity contribution in [1.82, 2.24) is 10.6 Å². The van der Waals surface area contributed by atoms with Crippen molar-refractivity contribution >= 4 is 5.91 Å². The Hall–Kier alpha value is -1.35. The SMILES string of the molecule is O=C(NCCC1CCC1)c1cccc2c1CCNC2. The molecule has 3 nitrogen and oxygen atoms in total. The third-order valence-corrected chi connectivity index (χ3v) is 4.45. The fraction of sp³-hybridized carbons (Fsp3) is 0.562. The van der Waals surface area contributed by atoms with E-state index in [4.69, 9.17) is 0 Å². The van der Waals surface area contributed by atoms with E-state index in [-0.39, 0.29) is 5.91 Å². The molecule has 1 fully saturated rings. The van der Waals surface area contributed by atoms with Gasteiger partial charge in [-0.15, -0.1) is 0 Å². The van der Waals surface area contributed by atoms with E-state index < -0.39 is 0 Å². The second kappa shape index (κ2) is 5.74. The van der Waals surface area contributed by atoms with E-state index in [1.807, 2.05) is 12.1 Å². The number of nitrogens with one attached hydrogen (secondary N) is 2. The highest BCUT2D eigenvalue weighted by atomic mass is 16.1. The lowest BCUT2D eigenvalue weighted by atomic mass is 9.83. The minimum Gasteiger partial charge on any atom is -0.352 e. The normalized spacial score (nSPS) is 18.5. The molecule has 1 aromatic carbocycles. The molecule has 1 amide bonds. The number of benzene rings is 1. The molecular formula is C16H22N2O. The summed E-state index contributed by atoms with van der Waals surface area (Å²) >= 11 is 0. The number of carbonyl (C=O) groups is 1. The molecule has 0 radical (unpaired) electrons. The quantitative estimate of drug-likeness (QED) is 0.869. The molecule has 1 aliphatic heterocycles. The molecule has 0 atom stereocenters. The van der Waals surface area contributed by atoms with Gasteiger partial charge in [-0.2, -0.15) is 0 Å². The zero-order valence-electron chi connectivity index (χ0n) is 11.4. The van der Waals surface area contributed by atoms with Crippen LogP contribution in [0.2, 0.25) is 0 Å². The van der Waals surface area contributed by atoms with Gasteiger partial charge in [0.2, 0.25) is 0 Å². The van der Waals surface area contributed by atoms with Gasteiger partial charge in [-0.3, -0.25) is 4.79 Å². The van der Waals surface area contributed by atoms with Crippen molar-refractivity contribution in [2.45, 2.75) is 38.6 Å². The Morgan fingerprint density at radius 2 is 2.26 bits per heavy atom. The first-order valence-electron chi connectivity index (χ1n) is 7.44. The van der Waals surface area contributed by atoms with Crippen LogP contribution in [0.5, 0.6) is 0 Å². The molecule has 1 heterocycles. The molecule has 102 valence electrons. The summed E-state index contributed by atoms with van der Waals surface area (Å²) in [6, 6.07) is 6.07. The Morgan fingerprint density at radius 3 is 3.05 bits per heavy atom. The molecular weight excluding hydrogens is 236 g/mol. The molecule has 0 aromatic heterocycles. The summed E-state index contributed by atoms with van der Waals surface area (Å²) in [5.41, 5.74) is 3.40. The largest absolute Gasteiger partial charge is 0.352 e. The molecule has 1 aliphatic carbocycles. The highest BCUT2D eigenvalue weighted by Crippen LogP contribution is 2.28. The van der Waals surface area contributed by atoms with Crippen molar-refractivity contribution in [3.63, 3.8) is 0 Å². The average molecular weight is 258 g/mol. The van der Waals surface area contributed by atoms with Gasteiger partial charge in [0.1, 0.15) is 0 Å². The van der Waals surface area contributed by atoms with E-state index in [1.54, 1.807) is 0 Å². The Morgan fingerprint density at radius 1 is 1.37 bits per heavy atom. The summed E-state index contributed by atoms with van der Waals surface area (Å²) in [5, 5.41) is 6.44. The van der Waals surface area contributed by atoms with E-state index in [9.17, 15) is 4.79 Å². The van der Waals surface area contributed by atoms with Crippen molar-refractivity contribution in [2.75, 3.05) is 13.1 Å². The molecule has 0 spiro atoms. The maximum atomic E-state index is 12.3. The zero-order chi connectivity index (χ0) is 13.1. The Bertz CT molecular complexity index is 466. The minimum absolute atomic E-state index is 0.109. The van der Waals surface area contributed by atoms with E-state index in [0.717, 1.165) is 44.0 Å². The van der Waals surface area contributed by atoms with Gasteiger partial charge in [-0.1, -0.05) is 31.4 Å². The van der Waals surface area contributed by atoms with Crippen LogP contribution in [0.15, 0.2) is 18.2 Å². The predicted molar refractivity (Wildman–Crippen MR) is 76.1 cm³/mol. The van der Waals surface area contributed by atoms with Crippen LogP contribution >= 0.6 is 0 Å². The molecule has 2 aliphatic rings. The van der Waals surface area contributed by atoms with Gasteiger partial charge in [0.25, 0.3) is 5.91 Å². The molecule has 3 heteroatoms. The summed E-state index contributed by atoms with van der Waals surface area (Å²) < 4.78 is 0. The number of hydrogen-bond donors (Lipinski definition) is 2. The van der Waals surface area contributed by atoms with Crippen molar-refractivity contribution in [3.05, 3.63) is 34.9 Å². The molecule has 1 aromatic rings. The Balaban J connectivity index is 1.62. The fourth-order valence-electron chi connectivity index (χ4n) is 3.01. The lowest BCUT2D eigenvalue weighted by molar-refractivity contribution is 0.0947. The second-order valence-corrected chi connectivity index (χ2v) is 5.71. The summed E-state index contributed by atoms with van der Waals surface area (Å²) in [6.45, 7) is 2.68. The topological polar surface area (TPSA) is 41.1 Å². The van der Waals surface area contributed by atoms with Crippen LogP contribution in [-0.4, -0.2) is 19.0 Å². The first-order chi connectivity index (χ1) is 9.34. The van der Waals surface area contributed by atoms with Crippen LogP contribution < -0.4 is 10.6 Å². The molecule has 1 saturated carbocycles. The monoisotopic (exact) mass is 258 g/mol. The third-order valence-electron chi connectivity index (χ3n) is 4.45. The third kappa shape index (κ3) is 2.81. The summed E-state index contributed by atoms with van der Waals surface area (Å²) in [4.78, 5) is 12.3. The van der Waals surface area contributed by atoms with Crippen molar-refractivity contribution in [3.8, 4) is 0 Å². The van der Waals surface area contributed by atoms with Crippen molar-refractivity contribution < 1.29 is 4.79 Å².